The zero-order valence-electron chi connectivity index (χ0n) is 26.6. The fraction of sp³-hybridized carbons (Fsp3) is 0.297. The van der Waals surface area contributed by atoms with Gasteiger partial charge in [-0.15, -0.1) is 0 Å². The van der Waals surface area contributed by atoms with Crippen LogP contribution in [0.25, 0.3) is 11.1 Å². The van der Waals surface area contributed by atoms with Crippen LogP contribution in [0.5, 0.6) is 17.2 Å². The quantitative estimate of drug-likeness (QED) is 0.0815. The zero-order chi connectivity index (χ0) is 33.4. The summed E-state index contributed by atoms with van der Waals surface area (Å²) in [6.45, 7) is 13.4. The average molecular weight is 627 g/mol. The summed E-state index contributed by atoms with van der Waals surface area (Å²) in [5.74, 6) is -0.600. The van der Waals surface area contributed by atoms with Crippen molar-refractivity contribution in [3.63, 3.8) is 0 Å². The highest BCUT2D eigenvalue weighted by Gasteiger charge is 2.27. The molecule has 0 aliphatic heterocycles. The van der Waals surface area contributed by atoms with E-state index >= 15 is 0 Å². The van der Waals surface area contributed by atoms with Crippen molar-refractivity contribution in [2.24, 2.45) is 0 Å². The Kier molecular flexibility index (Phi) is 11.1. The highest BCUT2D eigenvalue weighted by atomic mass is 16.5. The minimum Gasteiger partial charge on any atom is -0.494 e. The van der Waals surface area contributed by atoms with Crippen molar-refractivity contribution in [3.05, 3.63) is 101 Å². The minimum absolute atomic E-state index is 0.0539. The molecule has 46 heavy (non-hydrogen) atoms. The summed E-state index contributed by atoms with van der Waals surface area (Å²) in [7, 11) is 1.25. The number of aryl methyl sites for hydroxylation is 1. The second-order valence-electron chi connectivity index (χ2n) is 11.0. The molecule has 0 spiro atoms. The van der Waals surface area contributed by atoms with Gasteiger partial charge >= 0.3 is 23.9 Å². The average Bonchev–Trinajstić information content (AvgIpc) is 3.32. The molecule has 4 rings (SSSR count). The Labute approximate surface area is 268 Å². The summed E-state index contributed by atoms with van der Waals surface area (Å²) in [5.41, 5.74) is 5.78. The molecule has 1 unspecified atom stereocenters. The summed E-state index contributed by atoms with van der Waals surface area (Å²) in [4.78, 5) is 48.2. The van der Waals surface area contributed by atoms with Crippen LogP contribution in [0.15, 0.2) is 78.9 Å². The smallest absolute Gasteiger partial charge is 0.343 e. The number of fused-ring (bicyclic) bond motifs is 3. The molecule has 240 valence electrons. The molecule has 0 fully saturated rings. The fourth-order valence-electron chi connectivity index (χ4n) is 5.07. The molecule has 0 radical (unpaired) electrons. The molecule has 0 N–H and O–H groups in total. The van der Waals surface area contributed by atoms with Gasteiger partial charge in [0, 0.05) is 17.1 Å². The van der Waals surface area contributed by atoms with Crippen LogP contribution in [-0.4, -0.2) is 44.2 Å². The standard InChI is InChI=1S/C37H38O9/c1-7-25-19-27(45-35(39)22(2)3)11-13-29(25)37(41)46-28-12-15-31-30-14-10-26(20-32(30)24(5)33(31)21-28)43-16-8-9-17-44-36(40)23(4)18-34(38)42-6/h10-15,19-21,24H,2,4,7-9,16-18H2,1,3,5-6H3. The van der Waals surface area contributed by atoms with Gasteiger partial charge in [0.05, 0.1) is 32.3 Å². The zero-order valence-corrected chi connectivity index (χ0v) is 26.6. The first-order chi connectivity index (χ1) is 22.0. The normalized spacial score (nSPS) is 12.7. The Balaban J connectivity index is 1.32. The molecule has 1 atom stereocenters. The van der Waals surface area contributed by atoms with E-state index in [2.05, 4.69) is 24.8 Å². The van der Waals surface area contributed by atoms with Crippen LogP contribution >= 0.6 is 0 Å². The Morgan fingerprint density at radius 3 is 2.04 bits per heavy atom. The van der Waals surface area contributed by atoms with Crippen LogP contribution < -0.4 is 14.2 Å². The third-order valence-electron chi connectivity index (χ3n) is 7.63. The first kappa shape index (κ1) is 33.7. The monoisotopic (exact) mass is 626 g/mol. The number of ether oxygens (including phenoxy) is 5. The molecule has 9 heteroatoms. The van der Waals surface area contributed by atoms with Crippen LogP contribution in [0.1, 0.15) is 73.0 Å². The van der Waals surface area contributed by atoms with Crippen LogP contribution in [0.3, 0.4) is 0 Å². The van der Waals surface area contributed by atoms with Gasteiger partial charge in [0.2, 0.25) is 0 Å². The first-order valence-corrected chi connectivity index (χ1v) is 15.1. The van der Waals surface area contributed by atoms with Crippen molar-refractivity contribution < 1.29 is 42.9 Å². The van der Waals surface area contributed by atoms with Crippen LogP contribution in [0.2, 0.25) is 0 Å². The number of unbranched alkanes of at least 4 members (excludes halogenated alkanes) is 1. The van der Waals surface area contributed by atoms with Gasteiger partial charge in [-0.1, -0.05) is 39.1 Å². The summed E-state index contributed by atoms with van der Waals surface area (Å²) >= 11 is 0. The molecular weight excluding hydrogens is 588 g/mol. The third kappa shape index (κ3) is 8.10. The number of rotatable bonds is 14. The second kappa shape index (κ2) is 15.2. The number of hydrogen-bond acceptors (Lipinski definition) is 9. The fourth-order valence-corrected chi connectivity index (χ4v) is 5.07. The van der Waals surface area contributed by atoms with E-state index in [1.807, 2.05) is 37.3 Å². The number of carbonyl (C=O) groups excluding carboxylic acids is 4. The number of hydrogen-bond donors (Lipinski definition) is 0. The molecule has 1 aliphatic rings. The first-order valence-electron chi connectivity index (χ1n) is 15.1. The summed E-state index contributed by atoms with van der Waals surface area (Å²) < 4.78 is 26.7. The van der Waals surface area contributed by atoms with Gasteiger partial charge < -0.3 is 23.7 Å². The number of esters is 4. The molecule has 3 aromatic carbocycles. The molecule has 0 bridgehead atoms. The molecule has 0 amide bonds. The van der Waals surface area contributed by atoms with E-state index < -0.39 is 23.9 Å². The summed E-state index contributed by atoms with van der Waals surface area (Å²) in [5, 5.41) is 0. The topological polar surface area (TPSA) is 114 Å². The molecule has 0 saturated heterocycles. The Hall–Kier alpha value is -5.18. The van der Waals surface area contributed by atoms with E-state index in [0.29, 0.717) is 48.5 Å². The number of carbonyl (C=O) groups is 4. The van der Waals surface area contributed by atoms with E-state index in [1.165, 1.54) is 7.11 Å². The molecule has 0 aromatic heterocycles. The SMILES string of the molecule is C=C(C)C(=O)Oc1ccc(C(=O)Oc2ccc3c(c2)C(C)c2cc(OCCCCOC(=O)C(=C)CC(=O)OC)ccc2-3)c(CC)c1. The van der Waals surface area contributed by atoms with Gasteiger partial charge in [0.25, 0.3) is 0 Å². The van der Waals surface area contributed by atoms with Crippen molar-refractivity contribution in [1.82, 2.24) is 0 Å². The maximum Gasteiger partial charge on any atom is 0.343 e. The molecule has 0 saturated carbocycles. The lowest BCUT2D eigenvalue weighted by molar-refractivity contribution is -0.144. The van der Waals surface area contributed by atoms with Gasteiger partial charge in [0.15, 0.2) is 0 Å². The molecule has 0 heterocycles. The number of methoxy groups -OCH3 is 1. The largest absolute Gasteiger partial charge is 0.494 e. The molecular formula is C37H38O9. The molecule has 3 aromatic rings. The van der Waals surface area contributed by atoms with E-state index in [0.717, 1.165) is 28.0 Å². The molecule has 1 aliphatic carbocycles. The van der Waals surface area contributed by atoms with Gasteiger partial charge in [-0.25, -0.2) is 14.4 Å². The third-order valence-corrected chi connectivity index (χ3v) is 7.63. The highest BCUT2D eigenvalue weighted by molar-refractivity contribution is 5.94. The van der Waals surface area contributed by atoms with E-state index in [-0.39, 0.29) is 30.1 Å². The Morgan fingerprint density at radius 2 is 1.39 bits per heavy atom. The van der Waals surface area contributed by atoms with Gasteiger partial charge in [-0.2, -0.15) is 0 Å². The lowest BCUT2D eigenvalue weighted by Gasteiger charge is -2.12. The Bertz CT molecular complexity index is 1680. The predicted molar refractivity (Wildman–Crippen MR) is 172 cm³/mol. The summed E-state index contributed by atoms with van der Waals surface area (Å²) in [6.07, 6.45) is 1.61. The van der Waals surface area contributed by atoms with Crippen molar-refractivity contribution in [2.45, 2.75) is 52.4 Å². The van der Waals surface area contributed by atoms with Crippen molar-refractivity contribution >= 4 is 23.9 Å². The van der Waals surface area contributed by atoms with Crippen molar-refractivity contribution in [2.75, 3.05) is 20.3 Å². The molecule has 9 nitrogen and oxygen atoms in total. The van der Waals surface area contributed by atoms with E-state index in [1.54, 1.807) is 31.2 Å². The van der Waals surface area contributed by atoms with Crippen LogP contribution in [0.4, 0.5) is 0 Å². The van der Waals surface area contributed by atoms with E-state index in [4.69, 9.17) is 18.9 Å². The van der Waals surface area contributed by atoms with Gasteiger partial charge in [0.1, 0.15) is 17.2 Å². The van der Waals surface area contributed by atoms with Gasteiger partial charge in [-0.3, -0.25) is 4.79 Å². The lowest BCUT2D eigenvalue weighted by atomic mass is 9.99. The van der Waals surface area contributed by atoms with E-state index in [9.17, 15) is 19.2 Å². The van der Waals surface area contributed by atoms with Crippen LogP contribution in [0, 0.1) is 0 Å². The van der Waals surface area contributed by atoms with Crippen molar-refractivity contribution in [1.29, 1.82) is 0 Å². The summed E-state index contributed by atoms with van der Waals surface area (Å²) in [6, 6.07) is 16.5. The highest BCUT2D eigenvalue weighted by Crippen LogP contribution is 2.47. The van der Waals surface area contributed by atoms with Crippen LogP contribution in [-0.2, 0) is 30.3 Å². The van der Waals surface area contributed by atoms with Gasteiger partial charge in [-0.05, 0) is 96.5 Å². The second-order valence-corrected chi connectivity index (χ2v) is 11.0. The maximum absolute atomic E-state index is 13.2. The lowest BCUT2D eigenvalue weighted by Crippen LogP contribution is -2.13. The minimum atomic E-state index is -0.611. The van der Waals surface area contributed by atoms with Crippen molar-refractivity contribution in [3.8, 4) is 28.4 Å². The number of benzene rings is 3. The Morgan fingerprint density at radius 1 is 0.783 bits per heavy atom. The predicted octanol–water partition coefficient (Wildman–Crippen LogP) is 6.90. The maximum atomic E-state index is 13.2.